The van der Waals surface area contributed by atoms with Gasteiger partial charge in [-0.1, -0.05) is 0 Å². The van der Waals surface area contributed by atoms with Crippen LogP contribution in [0.4, 0.5) is 0 Å². The first-order valence-electron chi connectivity index (χ1n) is 5.45. The van der Waals surface area contributed by atoms with Gasteiger partial charge in [0.1, 0.15) is 5.03 Å². The largest absolute Gasteiger partial charge is 0.289 e. The molecule has 2 aromatic heterocycles. The minimum atomic E-state index is -0.247. The average molecular weight is 358 g/mol. The fourth-order valence-corrected chi connectivity index (χ4v) is 4.04. The molecule has 0 atom stereocenters. The summed E-state index contributed by atoms with van der Waals surface area (Å²) in [5.41, 5.74) is 3.28. The molecule has 0 aliphatic rings. The summed E-state index contributed by atoms with van der Waals surface area (Å²) in [7, 11) is 0. The highest BCUT2D eigenvalue weighted by atomic mass is 79.9. The van der Waals surface area contributed by atoms with Crippen LogP contribution in [0, 0.1) is 6.92 Å². The molecule has 19 heavy (non-hydrogen) atoms. The standard InChI is InChI=1S/C12H12BrN3OS2/c1-7-8(5-10(19-7)11(17)16-14)6-18-12-9(13)3-2-4-15-12/h2-5H,6,14H2,1H3,(H,16,17). The third kappa shape index (κ3) is 3.56. The molecule has 2 rings (SSSR count). The lowest BCUT2D eigenvalue weighted by Gasteiger charge is -2.02. The van der Waals surface area contributed by atoms with E-state index in [0.717, 1.165) is 25.7 Å². The maximum Gasteiger partial charge on any atom is 0.275 e. The molecule has 0 aliphatic carbocycles. The molecule has 4 nitrogen and oxygen atoms in total. The number of pyridine rings is 1. The summed E-state index contributed by atoms with van der Waals surface area (Å²) in [6.45, 7) is 2.00. The van der Waals surface area contributed by atoms with Crippen molar-refractivity contribution in [2.24, 2.45) is 5.84 Å². The van der Waals surface area contributed by atoms with Crippen LogP contribution < -0.4 is 11.3 Å². The zero-order valence-corrected chi connectivity index (χ0v) is 13.4. The fourth-order valence-electron chi connectivity index (χ4n) is 1.47. The van der Waals surface area contributed by atoms with Crippen molar-refractivity contribution in [2.45, 2.75) is 17.7 Å². The number of hydrogen-bond donors (Lipinski definition) is 2. The Morgan fingerprint density at radius 1 is 1.63 bits per heavy atom. The molecule has 2 heterocycles. The van der Waals surface area contributed by atoms with Gasteiger partial charge in [0.15, 0.2) is 0 Å². The van der Waals surface area contributed by atoms with Gasteiger partial charge in [0.2, 0.25) is 0 Å². The second-order valence-corrected chi connectivity index (χ2v) is 6.82. The minimum Gasteiger partial charge on any atom is -0.289 e. The Balaban J connectivity index is 2.10. The Bertz CT molecular complexity index is 600. The van der Waals surface area contributed by atoms with Crippen molar-refractivity contribution in [3.63, 3.8) is 0 Å². The normalized spacial score (nSPS) is 10.5. The molecule has 0 fully saturated rings. The molecule has 7 heteroatoms. The van der Waals surface area contributed by atoms with Crippen molar-refractivity contribution in [3.8, 4) is 0 Å². The van der Waals surface area contributed by atoms with E-state index in [1.54, 1.807) is 18.0 Å². The van der Waals surface area contributed by atoms with Crippen molar-refractivity contribution in [3.05, 3.63) is 44.2 Å². The summed E-state index contributed by atoms with van der Waals surface area (Å²) in [6.07, 6.45) is 1.76. The molecule has 0 bridgehead atoms. The Morgan fingerprint density at radius 2 is 2.42 bits per heavy atom. The molecule has 3 N–H and O–H groups in total. The van der Waals surface area contributed by atoms with Crippen LogP contribution in [0.3, 0.4) is 0 Å². The van der Waals surface area contributed by atoms with Gasteiger partial charge < -0.3 is 0 Å². The van der Waals surface area contributed by atoms with E-state index >= 15 is 0 Å². The highest BCUT2D eigenvalue weighted by Crippen LogP contribution is 2.31. The number of aromatic nitrogens is 1. The minimum absolute atomic E-state index is 0.247. The number of rotatable bonds is 4. The Morgan fingerprint density at radius 3 is 3.11 bits per heavy atom. The SMILES string of the molecule is Cc1sc(C(=O)NN)cc1CSc1ncccc1Br. The molecule has 0 aromatic carbocycles. The maximum absolute atomic E-state index is 11.5. The highest BCUT2D eigenvalue weighted by Gasteiger charge is 2.12. The van der Waals surface area contributed by atoms with Crippen LogP contribution in [0.25, 0.3) is 0 Å². The van der Waals surface area contributed by atoms with E-state index in [9.17, 15) is 4.79 Å². The van der Waals surface area contributed by atoms with Crippen molar-refractivity contribution in [1.82, 2.24) is 10.4 Å². The van der Waals surface area contributed by atoms with Gasteiger partial charge in [-0.2, -0.15) is 0 Å². The number of amides is 1. The molecule has 100 valence electrons. The number of carbonyl (C=O) groups excluding carboxylic acids is 1. The second kappa shape index (κ2) is 6.51. The van der Waals surface area contributed by atoms with E-state index in [1.165, 1.54) is 11.3 Å². The van der Waals surface area contributed by atoms with Gasteiger partial charge in [0, 0.05) is 21.3 Å². The summed E-state index contributed by atoms with van der Waals surface area (Å²) < 4.78 is 0.979. The third-order valence-corrected chi connectivity index (χ3v) is 5.51. The van der Waals surface area contributed by atoms with E-state index in [1.807, 2.05) is 25.1 Å². The van der Waals surface area contributed by atoms with Gasteiger partial charge in [0.25, 0.3) is 5.91 Å². The zero-order chi connectivity index (χ0) is 13.8. The summed E-state index contributed by atoms with van der Waals surface area (Å²) >= 11 is 6.55. The number of carbonyl (C=O) groups is 1. The summed E-state index contributed by atoms with van der Waals surface area (Å²) in [6, 6.07) is 5.73. The topological polar surface area (TPSA) is 68.0 Å². The van der Waals surface area contributed by atoms with E-state index in [0.29, 0.717) is 4.88 Å². The van der Waals surface area contributed by atoms with Crippen LogP contribution in [0.1, 0.15) is 20.1 Å². The average Bonchev–Trinajstić information content (AvgIpc) is 2.78. The summed E-state index contributed by atoms with van der Waals surface area (Å²) in [5, 5.41) is 0.943. The van der Waals surface area contributed by atoms with Crippen molar-refractivity contribution in [2.75, 3.05) is 0 Å². The number of hydrogen-bond acceptors (Lipinski definition) is 5. The van der Waals surface area contributed by atoms with Crippen molar-refractivity contribution in [1.29, 1.82) is 0 Å². The number of aryl methyl sites for hydroxylation is 1. The van der Waals surface area contributed by atoms with Gasteiger partial charge in [-0.25, -0.2) is 10.8 Å². The third-order valence-electron chi connectivity index (χ3n) is 2.46. The first kappa shape index (κ1) is 14.5. The molecule has 0 aliphatic heterocycles. The molecule has 2 aromatic rings. The highest BCUT2D eigenvalue weighted by molar-refractivity contribution is 9.10. The Hall–Kier alpha value is -0.890. The number of thiophene rings is 1. The molecule has 0 saturated heterocycles. The summed E-state index contributed by atoms with van der Waals surface area (Å²) in [5.74, 6) is 5.66. The lowest BCUT2D eigenvalue weighted by Crippen LogP contribution is -2.29. The van der Waals surface area contributed by atoms with Crippen LogP contribution in [0.15, 0.2) is 33.9 Å². The number of nitrogens with zero attached hydrogens (tertiary/aromatic N) is 1. The van der Waals surface area contributed by atoms with Gasteiger partial charge >= 0.3 is 0 Å². The van der Waals surface area contributed by atoms with Crippen LogP contribution >= 0.6 is 39.0 Å². The van der Waals surface area contributed by atoms with Gasteiger partial charge in [-0.3, -0.25) is 10.2 Å². The predicted molar refractivity (Wildman–Crippen MR) is 82.2 cm³/mol. The first-order valence-corrected chi connectivity index (χ1v) is 8.05. The number of hydrazine groups is 1. The van der Waals surface area contributed by atoms with Crippen LogP contribution in [-0.4, -0.2) is 10.9 Å². The molecule has 0 radical (unpaired) electrons. The van der Waals surface area contributed by atoms with Crippen molar-refractivity contribution < 1.29 is 4.79 Å². The smallest absolute Gasteiger partial charge is 0.275 e. The van der Waals surface area contributed by atoms with Gasteiger partial charge in [-0.15, -0.1) is 23.1 Å². The maximum atomic E-state index is 11.5. The molecule has 0 unspecified atom stereocenters. The number of nitrogens with two attached hydrogens (primary N) is 1. The van der Waals surface area contributed by atoms with Crippen LogP contribution in [0.2, 0.25) is 0 Å². The lowest BCUT2D eigenvalue weighted by atomic mass is 10.3. The van der Waals surface area contributed by atoms with Gasteiger partial charge in [0.05, 0.1) is 4.88 Å². The monoisotopic (exact) mass is 357 g/mol. The first-order chi connectivity index (χ1) is 9.11. The van der Waals surface area contributed by atoms with E-state index in [4.69, 9.17) is 5.84 Å². The molecular weight excluding hydrogens is 346 g/mol. The fraction of sp³-hybridized carbons (Fsp3) is 0.167. The zero-order valence-electron chi connectivity index (χ0n) is 10.1. The molecule has 0 saturated carbocycles. The quantitative estimate of drug-likeness (QED) is 0.381. The van der Waals surface area contributed by atoms with Crippen LogP contribution in [-0.2, 0) is 5.75 Å². The van der Waals surface area contributed by atoms with Crippen molar-refractivity contribution >= 4 is 44.9 Å². The van der Waals surface area contributed by atoms with E-state index < -0.39 is 0 Å². The molecule has 1 amide bonds. The predicted octanol–water partition coefficient (Wildman–Crippen LogP) is 3.11. The van der Waals surface area contributed by atoms with Gasteiger partial charge in [-0.05, 0) is 46.6 Å². The Labute approximate surface area is 127 Å². The number of nitrogens with one attached hydrogen (secondary N) is 1. The number of thioether (sulfide) groups is 1. The molecule has 0 spiro atoms. The summed E-state index contributed by atoms with van der Waals surface area (Å²) in [4.78, 5) is 17.5. The molecular formula is C12H12BrN3OS2. The van der Waals surface area contributed by atoms with Crippen LogP contribution in [0.5, 0.6) is 0 Å². The number of nitrogen functional groups attached to an aromatic ring is 1. The second-order valence-electron chi connectivity index (χ2n) is 3.74. The van der Waals surface area contributed by atoms with E-state index in [-0.39, 0.29) is 5.91 Å². The lowest BCUT2D eigenvalue weighted by molar-refractivity contribution is 0.0957. The van der Waals surface area contributed by atoms with E-state index in [2.05, 4.69) is 26.3 Å². The Kier molecular flexibility index (Phi) is 4.98. The number of halogens is 1.